The van der Waals surface area contributed by atoms with Crippen LogP contribution in [0.15, 0.2) is 42.5 Å². The highest BCUT2D eigenvalue weighted by molar-refractivity contribution is 5.18. The number of benzene rings is 1. The van der Waals surface area contributed by atoms with Crippen LogP contribution in [0.1, 0.15) is 122 Å². The van der Waals surface area contributed by atoms with Gasteiger partial charge in [0.2, 0.25) is 0 Å². The number of allylic oxidation sites excluding steroid dienone is 2. The Morgan fingerprint density at radius 2 is 1.16 bits per heavy atom. The van der Waals surface area contributed by atoms with Crippen LogP contribution in [0, 0.1) is 35.5 Å². The van der Waals surface area contributed by atoms with E-state index in [9.17, 15) is 0 Å². The lowest BCUT2D eigenvalue weighted by Crippen LogP contribution is -2.30. The zero-order valence-electron chi connectivity index (χ0n) is 21.2. The van der Waals surface area contributed by atoms with Crippen LogP contribution in [-0.2, 0) is 0 Å². The molecule has 4 rings (SSSR count). The molecular formula is C32H50. The molecule has 0 aliphatic heterocycles. The van der Waals surface area contributed by atoms with Gasteiger partial charge in [-0.05, 0) is 125 Å². The lowest BCUT2D eigenvalue weighted by Gasteiger charge is -2.41. The van der Waals surface area contributed by atoms with Crippen LogP contribution in [0.4, 0.5) is 0 Å². The molecule has 0 N–H and O–H groups in total. The first-order valence-electron chi connectivity index (χ1n) is 14.4. The fourth-order valence-corrected chi connectivity index (χ4v) is 7.85. The second-order valence-corrected chi connectivity index (χ2v) is 11.9. The molecule has 3 aliphatic carbocycles. The van der Waals surface area contributed by atoms with Crippen LogP contribution in [0.5, 0.6) is 0 Å². The molecule has 0 aromatic heterocycles. The summed E-state index contributed by atoms with van der Waals surface area (Å²) in [5, 5.41) is 0. The van der Waals surface area contributed by atoms with Crippen LogP contribution in [0.25, 0.3) is 0 Å². The van der Waals surface area contributed by atoms with Crippen molar-refractivity contribution >= 4 is 0 Å². The van der Waals surface area contributed by atoms with Crippen LogP contribution in [0.3, 0.4) is 0 Å². The molecule has 0 saturated heterocycles. The predicted octanol–water partition coefficient (Wildman–Crippen LogP) is 9.96. The lowest BCUT2D eigenvalue weighted by atomic mass is 9.64. The molecule has 3 saturated carbocycles. The monoisotopic (exact) mass is 434 g/mol. The van der Waals surface area contributed by atoms with Crippen molar-refractivity contribution < 1.29 is 0 Å². The molecule has 0 unspecified atom stereocenters. The number of hydrogen-bond acceptors (Lipinski definition) is 0. The first kappa shape index (κ1) is 24.1. The molecular weight excluding hydrogens is 384 g/mol. The van der Waals surface area contributed by atoms with Crippen molar-refractivity contribution in [3.8, 4) is 0 Å². The fraction of sp³-hybridized carbons (Fsp3) is 0.750. The molecule has 1 aromatic rings. The molecule has 32 heavy (non-hydrogen) atoms. The van der Waals surface area contributed by atoms with Gasteiger partial charge < -0.3 is 0 Å². The maximum absolute atomic E-state index is 2.44. The maximum Gasteiger partial charge on any atom is -0.0188 e. The lowest BCUT2D eigenvalue weighted by molar-refractivity contribution is 0.102. The van der Waals surface area contributed by atoms with Crippen molar-refractivity contribution in [2.45, 2.75) is 116 Å². The second-order valence-electron chi connectivity index (χ2n) is 11.9. The van der Waals surface area contributed by atoms with Crippen molar-refractivity contribution in [1.82, 2.24) is 0 Å². The van der Waals surface area contributed by atoms with E-state index in [2.05, 4.69) is 56.3 Å². The highest BCUT2D eigenvalue weighted by Gasteiger charge is 2.34. The summed E-state index contributed by atoms with van der Waals surface area (Å²) in [6.07, 6.45) is 27.2. The topological polar surface area (TPSA) is 0 Å². The highest BCUT2D eigenvalue weighted by Crippen LogP contribution is 2.47. The van der Waals surface area contributed by atoms with E-state index in [4.69, 9.17) is 0 Å². The van der Waals surface area contributed by atoms with Gasteiger partial charge in [-0.1, -0.05) is 75.1 Å². The van der Waals surface area contributed by atoms with Gasteiger partial charge >= 0.3 is 0 Å². The van der Waals surface area contributed by atoms with E-state index in [0.29, 0.717) is 0 Å². The van der Waals surface area contributed by atoms with Crippen LogP contribution in [0.2, 0.25) is 0 Å². The first-order valence-corrected chi connectivity index (χ1v) is 14.4. The number of hydrogen-bond donors (Lipinski definition) is 0. The van der Waals surface area contributed by atoms with Gasteiger partial charge in [-0.3, -0.25) is 0 Å². The summed E-state index contributed by atoms with van der Waals surface area (Å²) in [6, 6.07) is 11.2. The summed E-state index contributed by atoms with van der Waals surface area (Å²) < 4.78 is 0. The molecule has 0 radical (unpaired) electrons. The molecule has 0 bridgehead atoms. The van der Waals surface area contributed by atoms with Gasteiger partial charge in [-0.25, -0.2) is 0 Å². The van der Waals surface area contributed by atoms with Gasteiger partial charge in [0.05, 0.1) is 0 Å². The maximum atomic E-state index is 2.44. The van der Waals surface area contributed by atoms with Crippen molar-refractivity contribution in [1.29, 1.82) is 0 Å². The zero-order chi connectivity index (χ0) is 22.2. The minimum atomic E-state index is 0.728. The molecule has 3 aliphatic rings. The zero-order valence-corrected chi connectivity index (χ0v) is 21.2. The third-order valence-corrected chi connectivity index (χ3v) is 9.97. The van der Waals surface area contributed by atoms with Gasteiger partial charge in [-0.2, -0.15) is 0 Å². The van der Waals surface area contributed by atoms with Gasteiger partial charge in [0, 0.05) is 0 Å². The molecule has 1 atom stereocenters. The van der Waals surface area contributed by atoms with E-state index in [-0.39, 0.29) is 0 Å². The molecule has 178 valence electrons. The Morgan fingerprint density at radius 3 is 1.66 bits per heavy atom. The average Bonchev–Trinajstić information content (AvgIpc) is 2.86. The third kappa shape index (κ3) is 6.74. The van der Waals surface area contributed by atoms with Crippen molar-refractivity contribution in [2.75, 3.05) is 0 Å². The largest absolute Gasteiger partial charge is 0.0917 e. The Kier molecular flexibility index (Phi) is 9.36. The molecule has 0 spiro atoms. The third-order valence-electron chi connectivity index (χ3n) is 9.97. The predicted molar refractivity (Wildman–Crippen MR) is 140 cm³/mol. The Bertz CT molecular complexity index is 649. The molecule has 0 amide bonds. The first-order chi connectivity index (χ1) is 15.7. The number of rotatable bonds is 8. The standard InChI is InChI=1S/C32H50/c1-3-4-6-9-26-12-16-29(17-13-26)31-20-22-32(23-21-31)30-18-14-27(15-19-30)24-25(2)28-10-7-5-8-11-28/h3-5,7-8,10-11,25-27,29-32H,6,9,12-24H2,1-2H3/t25-,26?,27?,29?,30?,31?,32?/m0/s1. The summed E-state index contributed by atoms with van der Waals surface area (Å²) in [7, 11) is 0. The van der Waals surface area contributed by atoms with Crippen LogP contribution in [-0.4, -0.2) is 0 Å². The summed E-state index contributed by atoms with van der Waals surface area (Å²) in [5.74, 6) is 7.00. The SMILES string of the molecule is CC=CCCC1CCC(C2CCC(C3CCC(C[C@H](C)c4ccccc4)CC3)CC2)CC1. The quantitative estimate of drug-likeness (QED) is 0.357. The summed E-state index contributed by atoms with van der Waals surface area (Å²) in [6.45, 7) is 4.60. The van der Waals surface area contributed by atoms with Crippen molar-refractivity contribution in [3.63, 3.8) is 0 Å². The highest BCUT2D eigenvalue weighted by atomic mass is 14.4. The van der Waals surface area contributed by atoms with Gasteiger partial charge in [0.1, 0.15) is 0 Å². The van der Waals surface area contributed by atoms with Gasteiger partial charge in [0.15, 0.2) is 0 Å². The molecule has 0 nitrogen and oxygen atoms in total. The second kappa shape index (κ2) is 12.4. The van der Waals surface area contributed by atoms with E-state index >= 15 is 0 Å². The van der Waals surface area contributed by atoms with E-state index in [1.54, 1.807) is 44.1 Å². The van der Waals surface area contributed by atoms with Gasteiger partial charge in [0.25, 0.3) is 0 Å². The van der Waals surface area contributed by atoms with Crippen LogP contribution < -0.4 is 0 Å². The summed E-state index contributed by atoms with van der Waals surface area (Å²) in [4.78, 5) is 0. The van der Waals surface area contributed by atoms with Crippen molar-refractivity contribution in [3.05, 3.63) is 48.0 Å². The van der Waals surface area contributed by atoms with E-state index in [0.717, 1.165) is 41.4 Å². The summed E-state index contributed by atoms with van der Waals surface area (Å²) >= 11 is 0. The molecule has 0 heteroatoms. The fourth-order valence-electron chi connectivity index (χ4n) is 7.85. The van der Waals surface area contributed by atoms with Crippen molar-refractivity contribution in [2.24, 2.45) is 35.5 Å². The molecule has 3 fully saturated rings. The van der Waals surface area contributed by atoms with E-state index in [1.807, 2.05) is 0 Å². The Morgan fingerprint density at radius 1 is 0.688 bits per heavy atom. The van der Waals surface area contributed by atoms with Gasteiger partial charge in [-0.15, -0.1) is 0 Å². The Hall–Kier alpha value is -1.04. The average molecular weight is 435 g/mol. The Balaban J connectivity index is 1.13. The Labute approximate surface area is 199 Å². The molecule has 0 heterocycles. The summed E-state index contributed by atoms with van der Waals surface area (Å²) in [5.41, 5.74) is 1.54. The minimum absolute atomic E-state index is 0.728. The minimum Gasteiger partial charge on any atom is -0.0917 e. The van der Waals surface area contributed by atoms with E-state index in [1.165, 1.54) is 57.8 Å². The van der Waals surface area contributed by atoms with E-state index < -0.39 is 0 Å². The smallest absolute Gasteiger partial charge is 0.0188 e. The molecule has 1 aromatic carbocycles. The normalized spacial score (nSPS) is 35.1. The van der Waals surface area contributed by atoms with Crippen LogP contribution >= 0.6 is 0 Å².